The van der Waals surface area contributed by atoms with Crippen molar-refractivity contribution in [3.63, 3.8) is 0 Å². The summed E-state index contributed by atoms with van der Waals surface area (Å²) in [4.78, 5) is 24.6. The molecule has 1 amide bonds. The second-order valence-electron chi connectivity index (χ2n) is 25.3. The number of carbonyl (C=O) groups is 2. The van der Waals surface area contributed by atoms with Crippen LogP contribution in [0.15, 0.2) is 24.3 Å². The van der Waals surface area contributed by atoms with E-state index in [1.165, 1.54) is 334 Å². The first kappa shape index (κ1) is 78.3. The molecule has 0 saturated heterocycles. The molecular weight excluding hydrogens is 983 g/mol. The van der Waals surface area contributed by atoms with E-state index in [4.69, 9.17) is 4.74 Å². The lowest BCUT2D eigenvalue weighted by atomic mass is 10.0. The molecule has 80 heavy (non-hydrogen) atoms. The molecule has 2 unspecified atom stereocenters. The van der Waals surface area contributed by atoms with E-state index in [0.717, 1.165) is 44.9 Å². The molecule has 0 saturated carbocycles. The molecule has 0 fully saturated rings. The van der Waals surface area contributed by atoms with Crippen molar-refractivity contribution in [2.24, 2.45) is 0 Å². The lowest BCUT2D eigenvalue weighted by molar-refractivity contribution is -0.143. The molecule has 0 aliphatic carbocycles. The quantitative estimate of drug-likeness (QED) is 0.0320. The average molecular weight is 1130 g/mol. The maximum absolute atomic E-state index is 12.5. The summed E-state index contributed by atoms with van der Waals surface area (Å²) >= 11 is 0. The summed E-state index contributed by atoms with van der Waals surface area (Å²) in [5.41, 5.74) is 0. The fraction of sp³-hybridized carbons (Fsp3) is 0.919. The van der Waals surface area contributed by atoms with Crippen LogP contribution in [0.3, 0.4) is 0 Å². The summed E-state index contributed by atoms with van der Waals surface area (Å²) in [6.45, 7) is 4.99. The Morgan fingerprint density at radius 1 is 0.338 bits per heavy atom. The highest BCUT2D eigenvalue weighted by Crippen LogP contribution is 2.19. The molecule has 6 nitrogen and oxygen atoms in total. The number of rotatable bonds is 69. The number of ether oxygens (including phenoxy) is 1. The van der Waals surface area contributed by atoms with Gasteiger partial charge >= 0.3 is 5.97 Å². The lowest BCUT2D eigenvalue weighted by Crippen LogP contribution is -2.45. The van der Waals surface area contributed by atoms with Crippen LogP contribution in [-0.2, 0) is 14.3 Å². The van der Waals surface area contributed by atoms with Gasteiger partial charge in [-0.2, -0.15) is 0 Å². The van der Waals surface area contributed by atoms with Gasteiger partial charge < -0.3 is 20.3 Å². The Morgan fingerprint density at radius 3 is 0.887 bits per heavy atom. The van der Waals surface area contributed by atoms with E-state index >= 15 is 0 Å². The zero-order valence-electron chi connectivity index (χ0n) is 54.3. The Kier molecular flexibility index (Phi) is 68.4. The van der Waals surface area contributed by atoms with Crippen LogP contribution in [0.4, 0.5) is 0 Å². The van der Waals surface area contributed by atoms with Crippen LogP contribution in [0.2, 0.25) is 0 Å². The molecule has 474 valence electrons. The first-order valence-electron chi connectivity index (χ1n) is 36.6. The van der Waals surface area contributed by atoms with E-state index in [0.29, 0.717) is 25.9 Å². The van der Waals surface area contributed by atoms with Crippen LogP contribution < -0.4 is 5.32 Å². The topological polar surface area (TPSA) is 95.9 Å². The number of amides is 1. The van der Waals surface area contributed by atoms with Gasteiger partial charge in [-0.15, -0.1) is 0 Å². The van der Waals surface area contributed by atoms with E-state index in [-0.39, 0.29) is 18.5 Å². The molecule has 2 atom stereocenters. The van der Waals surface area contributed by atoms with Crippen molar-refractivity contribution in [1.29, 1.82) is 0 Å². The van der Waals surface area contributed by atoms with Gasteiger partial charge in [-0.3, -0.25) is 9.59 Å². The highest BCUT2D eigenvalue weighted by atomic mass is 16.5. The van der Waals surface area contributed by atoms with E-state index < -0.39 is 12.1 Å². The smallest absolute Gasteiger partial charge is 0.305 e. The summed E-state index contributed by atoms with van der Waals surface area (Å²) in [6.07, 6.45) is 88.0. The van der Waals surface area contributed by atoms with Crippen molar-refractivity contribution >= 4 is 11.9 Å². The number of unbranched alkanes of at least 4 members (excludes halogenated alkanes) is 54. The van der Waals surface area contributed by atoms with Crippen molar-refractivity contribution in [3.05, 3.63) is 24.3 Å². The Bertz CT molecular complexity index is 1250. The van der Waals surface area contributed by atoms with Crippen LogP contribution in [0, 0.1) is 0 Å². The lowest BCUT2D eigenvalue weighted by Gasteiger charge is -2.22. The van der Waals surface area contributed by atoms with Gasteiger partial charge in [0.1, 0.15) is 0 Å². The molecule has 0 aliphatic rings. The third kappa shape index (κ3) is 65.5. The van der Waals surface area contributed by atoms with Gasteiger partial charge in [0.05, 0.1) is 25.4 Å². The van der Waals surface area contributed by atoms with Crippen molar-refractivity contribution in [2.45, 2.75) is 424 Å². The van der Waals surface area contributed by atoms with Gasteiger partial charge in [0, 0.05) is 12.8 Å². The number of esters is 1. The summed E-state index contributed by atoms with van der Waals surface area (Å²) in [6, 6.07) is -0.543. The van der Waals surface area contributed by atoms with Gasteiger partial charge in [0.25, 0.3) is 0 Å². The highest BCUT2D eigenvalue weighted by molar-refractivity contribution is 5.76. The zero-order valence-corrected chi connectivity index (χ0v) is 54.3. The summed E-state index contributed by atoms with van der Waals surface area (Å²) < 4.78 is 5.50. The molecule has 0 rings (SSSR count). The molecule has 3 N–H and O–H groups in total. The number of aliphatic hydroxyl groups excluding tert-OH is 2. The minimum absolute atomic E-state index is 0.00863. The van der Waals surface area contributed by atoms with E-state index in [9.17, 15) is 19.8 Å². The van der Waals surface area contributed by atoms with Gasteiger partial charge in [-0.05, 0) is 77.0 Å². The number of nitrogens with one attached hydrogen (secondary N) is 1. The summed E-state index contributed by atoms with van der Waals surface area (Å²) in [5, 5.41) is 23.4. The van der Waals surface area contributed by atoms with E-state index in [1.807, 2.05) is 0 Å². The van der Waals surface area contributed by atoms with Crippen molar-refractivity contribution in [1.82, 2.24) is 5.32 Å². The Balaban J connectivity index is 3.38. The molecule has 0 aromatic heterocycles. The highest BCUT2D eigenvalue weighted by Gasteiger charge is 2.20. The predicted octanol–water partition coefficient (Wildman–Crippen LogP) is 23.7. The Labute approximate surface area is 501 Å². The van der Waals surface area contributed by atoms with Gasteiger partial charge in [-0.25, -0.2) is 0 Å². The van der Waals surface area contributed by atoms with Gasteiger partial charge in [0.2, 0.25) is 5.91 Å². The number of allylic oxidation sites excluding steroid dienone is 4. The van der Waals surface area contributed by atoms with Crippen molar-refractivity contribution in [2.75, 3.05) is 13.2 Å². The van der Waals surface area contributed by atoms with E-state index in [2.05, 4.69) is 43.5 Å². The second-order valence-corrected chi connectivity index (χ2v) is 25.3. The zero-order chi connectivity index (χ0) is 57.8. The number of hydrogen-bond acceptors (Lipinski definition) is 5. The van der Waals surface area contributed by atoms with Crippen LogP contribution in [0.1, 0.15) is 412 Å². The second kappa shape index (κ2) is 69.8. The molecule has 6 heteroatoms. The number of carbonyl (C=O) groups excluding carboxylic acids is 2. The number of hydrogen-bond donors (Lipinski definition) is 3. The van der Waals surface area contributed by atoms with Gasteiger partial charge in [-0.1, -0.05) is 346 Å². The molecule has 0 spiro atoms. The fourth-order valence-corrected chi connectivity index (χ4v) is 11.6. The third-order valence-electron chi connectivity index (χ3n) is 17.2. The van der Waals surface area contributed by atoms with Crippen molar-refractivity contribution in [3.8, 4) is 0 Å². The molecule has 0 radical (unpaired) electrons. The molecule has 0 aliphatic heterocycles. The molecule has 0 heterocycles. The largest absolute Gasteiger partial charge is 0.466 e. The Morgan fingerprint density at radius 2 is 0.588 bits per heavy atom. The first-order valence-corrected chi connectivity index (χ1v) is 36.6. The summed E-state index contributed by atoms with van der Waals surface area (Å²) in [7, 11) is 0. The monoisotopic (exact) mass is 1130 g/mol. The SMILES string of the molecule is CCCCCCCCC/C=C\CCCCCCCC(=O)OCCCCCCCCCCCCCC/C=C\CCCCCCCCCCCCCC(=O)NC(CO)C(O)CCCCCCCCCCCCCCCCCCCCCC. The van der Waals surface area contributed by atoms with Gasteiger partial charge in [0.15, 0.2) is 0 Å². The molecule has 0 aromatic carbocycles. The normalized spacial score (nSPS) is 12.6. The van der Waals surface area contributed by atoms with Crippen LogP contribution in [-0.4, -0.2) is 47.4 Å². The minimum Gasteiger partial charge on any atom is -0.466 e. The predicted molar refractivity (Wildman–Crippen MR) is 352 cm³/mol. The standard InChI is InChI=1S/C74H143NO5/c1-3-5-7-9-11-13-15-17-19-21-22-32-35-38-42-46-50-54-58-62-66-72(77)71(70-76)75-73(78)67-63-59-55-51-47-43-39-36-33-30-28-26-24-23-25-27-29-31-34-37-41-45-49-53-57-61-65-69-80-74(79)68-64-60-56-52-48-44-40-20-18-16-14-12-10-8-6-4-2/h20,23-24,40,71-72,76-77H,3-19,21-22,25-39,41-70H2,1-2H3,(H,75,78)/b24-23-,40-20-. The minimum atomic E-state index is -0.666. The fourth-order valence-electron chi connectivity index (χ4n) is 11.6. The maximum Gasteiger partial charge on any atom is 0.305 e. The maximum atomic E-state index is 12.5. The molecular formula is C74H143NO5. The van der Waals surface area contributed by atoms with Crippen LogP contribution in [0.5, 0.6) is 0 Å². The third-order valence-corrected chi connectivity index (χ3v) is 17.2. The first-order chi connectivity index (χ1) is 39.5. The summed E-state index contributed by atoms with van der Waals surface area (Å²) in [5.74, 6) is -0.0228. The number of aliphatic hydroxyl groups is 2. The Hall–Kier alpha value is -1.66. The molecule has 0 aromatic rings. The average Bonchev–Trinajstić information content (AvgIpc) is 3.46. The molecule has 0 bridgehead atoms. The van der Waals surface area contributed by atoms with Crippen LogP contribution in [0.25, 0.3) is 0 Å². The van der Waals surface area contributed by atoms with E-state index in [1.54, 1.807) is 0 Å². The van der Waals surface area contributed by atoms with Crippen LogP contribution >= 0.6 is 0 Å². The van der Waals surface area contributed by atoms with Crippen molar-refractivity contribution < 1.29 is 24.5 Å².